The number of ether oxygens (including phenoxy) is 2. The largest absolute Gasteiger partial charge is 0.493 e. The van der Waals surface area contributed by atoms with Crippen LogP contribution in [-0.4, -0.2) is 37.1 Å². The predicted molar refractivity (Wildman–Crippen MR) is 111 cm³/mol. The minimum absolute atomic E-state index is 0.0435. The molecule has 1 aliphatic heterocycles. The molecule has 0 spiro atoms. The summed E-state index contributed by atoms with van der Waals surface area (Å²) < 4.78 is 11.1. The van der Waals surface area contributed by atoms with Gasteiger partial charge in [-0.25, -0.2) is 0 Å². The first kappa shape index (κ1) is 20.2. The van der Waals surface area contributed by atoms with E-state index in [0.29, 0.717) is 23.6 Å². The smallest absolute Gasteiger partial charge is 0.251 e. The van der Waals surface area contributed by atoms with Gasteiger partial charge in [-0.15, -0.1) is 0 Å². The van der Waals surface area contributed by atoms with Crippen molar-refractivity contribution >= 4 is 5.91 Å². The molecule has 0 saturated carbocycles. The second kappa shape index (κ2) is 9.60. The standard InChI is InChI=1S/C23H30N2O3/c1-17(2)28-21-11-10-20(14-22(21)27-3)23(26)24-15-18-6-8-19(9-7-18)16-25-12-4-5-13-25/h6-11,14,17H,4-5,12-13,15-16H2,1-3H3,(H,24,26). The molecule has 1 amide bonds. The number of nitrogens with zero attached hydrogens (tertiary/aromatic N) is 1. The molecule has 2 aromatic rings. The van der Waals surface area contributed by atoms with Crippen LogP contribution in [0.1, 0.15) is 48.2 Å². The highest BCUT2D eigenvalue weighted by Crippen LogP contribution is 2.29. The molecule has 0 aliphatic carbocycles. The van der Waals surface area contributed by atoms with Gasteiger partial charge >= 0.3 is 0 Å². The van der Waals surface area contributed by atoms with Crippen LogP contribution in [0.4, 0.5) is 0 Å². The molecule has 3 rings (SSSR count). The van der Waals surface area contributed by atoms with Crippen LogP contribution in [0.25, 0.3) is 0 Å². The van der Waals surface area contributed by atoms with E-state index in [1.807, 2.05) is 13.8 Å². The predicted octanol–water partition coefficient (Wildman–Crippen LogP) is 4.01. The Balaban J connectivity index is 1.56. The number of likely N-dealkylation sites (tertiary alicyclic amines) is 1. The molecular formula is C23H30N2O3. The van der Waals surface area contributed by atoms with Crippen LogP contribution >= 0.6 is 0 Å². The highest BCUT2D eigenvalue weighted by Gasteiger charge is 2.13. The van der Waals surface area contributed by atoms with Crippen molar-refractivity contribution in [2.75, 3.05) is 20.2 Å². The van der Waals surface area contributed by atoms with Gasteiger partial charge in [0.2, 0.25) is 0 Å². The Morgan fingerprint density at radius 3 is 2.36 bits per heavy atom. The first-order valence-electron chi connectivity index (χ1n) is 9.98. The first-order valence-corrected chi connectivity index (χ1v) is 9.98. The lowest BCUT2D eigenvalue weighted by molar-refractivity contribution is 0.0950. The molecule has 5 nitrogen and oxygen atoms in total. The van der Waals surface area contributed by atoms with Crippen LogP contribution in [0.3, 0.4) is 0 Å². The van der Waals surface area contributed by atoms with E-state index >= 15 is 0 Å². The SMILES string of the molecule is COc1cc(C(=O)NCc2ccc(CN3CCCC3)cc2)ccc1OC(C)C. The zero-order valence-corrected chi connectivity index (χ0v) is 17.0. The summed E-state index contributed by atoms with van der Waals surface area (Å²) in [5.41, 5.74) is 2.96. The summed E-state index contributed by atoms with van der Waals surface area (Å²) in [7, 11) is 1.58. The molecule has 1 saturated heterocycles. The van der Waals surface area contributed by atoms with Crippen LogP contribution in [0.15, 0.2) is 42.5 Å². The molecule has 0 bridgehead atoms. The van der Waals surface area contributed by atoms with Crippen molar-refractivity contribution in [3.63, 3.8) is 0 Å². The molecule has 1 heterocycles. The second-order valence-corrected chi connectivity index (χ2v) is 7.51. The molecule has 1 N–H and O–H groups in total. The van der Waals surface area contributed by atoms with Crippen LogP contribution in [0.2, 0.25) is 0 Å². The van der Waals surface area contributed by atoms with Crippen LogP contribution in [-0.2, 0) is 13.1 Å². The number of benzene rings is 2. The van der Waals surface area contributed by atoms with Crippen LogP contribution < -0.4 is 14.8 Å². The lowest BCUT2D eigenvalue weighted by atomic mass is 10.1. The van der Waals surface area contributed by atoms with E-state index in [-0.39, 0.29) is 12.0 Å². The van der Waals surface area contributed by atoms with Crippen molar-refractivity contribution in [3.8, 4) is 11.5 Å². The monoisotopic (exact) mass is 382 g/mol. The Labute approximate surface area is 167 Å². The molecule has 2 aromatic carbocycles. The van der Waals surface area contributed by atoms with Gasteiger partial charge in [0, 0.05) is 18.7 Å². The van der Waals surface area contributed by atoms with Gasteiger partial charge in [-0.3, -0.25) is 9.69 Å². The average molecular weight is 383 g/mol. The third-order valence-corrected chi connectivity index (χ3v) is 4.87. The molecule has 0 atom stereocenters. The van der Waals surface area contributed by atoms with Crippen LogP contribution in [0, 0.1) is 0 Å². The number of nitrogens with one attached hydrogen (secondary N) is 1. The fourth-order valence-electron chi connectivity index (χ4n) is 3.41. The van der Waals surface area contributed by atoms with Gasteiger partial charge in [-0.1, -0.05) is 24.3 Å². The van der Waals surface area contributed by atoms with Crippen LogP contribution in [0.5, 0.6) is 11.5 Å². The minimum atomic E-state index is -0.129. The van der Waals surface area contributed by atoms with E-state index in [1.165, 1.54) is 31.5 Å². The molecule has 150 valence electrons. The molecule has 1 fully saturated rings. The molecular weight excluding hydrogens is 352 g/mol. The molecule has 0 unspecified atom stereocenters. The van der Waals surface area contributed by atoms with Gasteiger partial charge in [0.15, 0.2) is 11.5 Å². The highest BCUT2D eigenvalue weighted by molar-refractivity contribution is 5.94. The Hall–Kier alpha value is -2.53. The summed E-state index contributed by atoms with van der Waals surface area (Å²) in [6.45, 7) is 7.81. The third kappa shape index (κ3) is 5.49. The summed E-state index contributed by atoms with van der Waals surface area (Å²) in [5.74, 6) is 1.07. The number of methoxy groups -OCH3 is 1. The molecule has 28 heavy (non-hydrogen) atoms. The average Bonchev–Trinajstić information content (AvgIpc) is 3.20. The fraction of sp³-hybridized carbons (Fsp3) is 0.435. The summed E-state index contributed by atoms with van der Waals surface area (Å²) in [4.78, 5) is 15.0. The summed E-state index contributed by atoms with van der Waals surface area (Å²) in [6, 6.07) is 13.7. The summed E-state index contributed by atoms with van der Waals surface area (Å²) in [6.07, 6.45) is 2.65. The Kier molecular flexibility index (Phi) is 6.93. The second-order valence-electron chi connectivity index (χ2n) is 7.51. The zero-order chi connectivity index (χ0) is 19.9. The van der Waals surface area contributed by atoms with Gasteiger partial charge in [-0.2, -0.15) is 0 Å². The fourth-order valence-corrected chi connectivity index (χ4v) is 3.41. The van der Waals surface area contributed by atoms with Gasteiger partial charge in [0.25, 0.3) is 5.91 Å². The highest BCUT2D eigenvalue weighted by atomic mass is 16.5. The van der Waals surface area contributed by atoms with E-state index in [0.717, 1.165) is 12.1 Å². The molecule has 0 radical (unpaired) electrons. The molecule has 5 heteroatoms. The van der Waals surface area contributed by atoms with Gasteiger partial charge in [-0.05, 0) is 69.1 Å². The summed E-state index contributed by atoms with van der Waals surface area (Å²) in [5, 5.41) is 2.97. The maximum atomic E-state index is 12.5. The van der Waals surface area contributed by atoms with Crippen molar-refractivity contribution in [1.29, 1.82) is 0 Å². The van der Waals surface area contributed by atoms with Crippen molar-refractivity contribution in [2.24, 2.45) is 0 Å². The van der Waals surface area contributed by atoms with Gasteiger partial charge in [0.1, 0.15) is 0 Å². The number of rotatable bonds is 8. The maximum Gasteiger partial charge on any atom is 0.251 e. The van der Waals surface area contributed by atoms with Crippen molar-refractivity contribution < 1.29 is 14.3 Å². The Morgan fingerprint density at radius 1 is 1.04 bits per heavy atom. The molecule has 0 aromatic heterocycles. The normalized spacial score (nSPS) is 14.3. The van der Waals surface area contributed by atoms with E-state index in [1.54, 1.807) is 25.3 Å². The Bertz CT molecular complexity index is 781. The number of carbonyl (C=O) groups excluding carboxylic acids is 1. The number of carbonyl (C=O) groups is 1. The first-order chi connectivity index (χ1) is 13.5. The van der Waals surface area contributed by atoms with E-state index < -0.39 is 0 Å². The lowest BCUT2D eigenvalue weighted by Crippen LogP contribution is -2.23. The minimum Gasteiger partial charge on any atom is -0.493 e. The van der Waals surface area contributed by atoms with Crippen molar-refractivity contribution in [1.82, 2.24) is 10.2 Å². The quantitative estimate of drug-likeness (QED) is 0.750. The van der Waals surface area contributed by atoms with Gasteiger partial charge < -0.3 is 14.8 Å². The Morgan fingerprint density at radius 2 is 1.71 bits per heavy atom. The zero-order valence-electron chi connectivity index (χ0n) is 17.0. The lowest BCUT2D eigenvalue weighted by Gasteiger charge is -2.15. The summed E-state index contributed by atoms with van der Waals surface area (Å²) >= 11 is 0. The third-order valence-electron chi connectivity index (χ3n) is 4.87. The number of amides is 1. The van der Waals surface area contributed by atoms with E-state index in [9.17, 15) is 4.79 Å². The molecule has 1 aliphatic rings. The maximum absolute atomic E-state index is 12.5. The van der Waals surface area contributed by atoms with Crippen molar-refractivity contribution in [3.05, 3.63) is 59.2 Å². The van der Waals surface area contributed by atoms with E-state index in [4.69, 9.17) is 9.47 Å². The number of hydrogen-bond donors (Lipinski definition) is 1. The van der Waals surface area contributed by atoms with Crippen molar-refractivity contribution in [2.45, 2.75) is 45.9 Å². The number of hydrogen-bond acceptors (Lipinski definition) is 4. The topological polar surface area (TPSA) is 50.8 Å². The van der Waals surface area contributed by atoms with E-state index in [2.05, 4.69) is 34.5 Å². The van der Waals surface area contributed by atoms with Gasteiger partial charge in [0.05, 0.1) is 13.2 Å².